The fourth-order valence-electron chi connectivity index (χ4n) is 4.56. The first-order chi connectivity index (χ1) is 19.8. The number of rotatable bonds is 9. The molecule has 1 N–H and O–H groups in total. The minimum atomic E-state index is -4.80. The van der Waals surface area contributed by atoms with E-state index >= 15 is 0 Å². The minimum absolute atomic E-state index is 0.0466. The summed E-state index contributed by atoms with van der Waals surface area (Å²) in [5.74, 6) is -0.266. The zero-order valence-corrected chi connectivity index (χ0v) is 24.0. The van der Waals surface area contributed by atoms with Gasteiger partial charge in [0.05, 0.1) is 11.8 Å². The van der Waals surface area contributed by atoms with Crippen molar-refractivity contribution in [3.8, 4) is 17.2 Å². The second kappa shape index (κ2) is 11.7. The third-order valence-electron chi connectivity index (χ3n) is 6.85. The molecule has 1 aliphatic carbocycles. The quantitative estimate of drug-likeness (QED) is 0.194. The van der Waals surface area contributed by atoms with E-state index in [0.717, 1.165) is 12.1 Å². The van der Waals surface area contributed by atoms with Gasteiger partial charge in [-0.1, -0.05) is 52.6 Å². The summed E-state index contributed by atoms with van der Waals surface area (Å²) in [6.45, 7) is 1.57. The number of hydrogen-bond donors (Lipinski definition) is 1. The highest BCUT2D eigenvalue weighted by molar-refractivity contribution is 7.79. The number of ether oxygens (including phenoxy) is 1. The Labute approximate surface area is 250 Å². The Hall–Kier alpha value is -3.45. The van der Waals surface area contributed by atoms with Gasteiger partial charge >= 0.3 is 6.36 Å². The van der Waals surface area contributed by atoms with Crippen LogP contribution in [0.15, 0.2) is 65.2 Å². The monoisotopic (exact) mass is 638 g/mol. The number of hydrogen-bond acceptors (Lipinski definition) is 7. The highest BCUT2D eigenvalue weighted by Gasteiger charge is 2.52. The van der Waals surface area contributed by atoms with E-state index in [4.69, 9.17) is 27.7 Å². The summed E-state index contributed by atoms with van der Waals surface area (Å²) >= 11 is 11.0. The van der Waals surface area contributed by atoms with Crippen LogP contribution in [0.3, 0.4) is 0 Å². The number of nitrogens with zero attached hydrogens (tertiary/aromatic N) is 2. The molecule has 0 aliphatic heterocycles. The first-order valence-electron chi connectivity index (χ1n) is 12.5. The van der Waals surface area contributed by atoms with Crippen LogP contribution in [-0.2, 0) is 27.7 Å². The van der Waals surface area contributed by atoms with Crippen LogP contribution in [0.1, 0.15) is 47.5 Å². The third-order valence-corrected chi connectivity index (χ3v) is 8.29. The number of amides is 1. The lowest BCUT2D eigenvalue weighted by Gasteiger charge is -2.17. The molecule has 1 aliphatic rings. The third kappa shape index (κ3) is 6.62. The number of carbonyl (C=O) groups excluding carboxylic acids is 1. The molecule has 220 valence electrons. The number of anilines is 1. The molecule has 1 fully saturated rings. The van der Waals surface area contributed by atoms with E-state index in [9.17, 15) is 26.7 Å². The molecule has 2 atom stereocenters. The predicted molar refractivity (Wildman–Crippen MR) is 149 cm³/mol. The van der Waals surface area contributed by atoms with Gasteiger partial charge in [-0.2, -0.15) is 4.98 Å². The molecule has 3 aromatic carbocycles. The summed E-state index contributed by atoms with van der Waals surface area (Å²) in [5, 5.41) is 6.79. The largest absolute Gasteiger partial charge is 0.772 e. The van der Waals surface area contributed by atoms with Crippen molar-refractivity contribution in [3.63, 3.8) is 0 Å². The standard InChI is InChI=1S/C28H22Cl2F3N3O5S/c1-15(42(38)39)17-4-2-16(3-5-17)12-23(37)34-19-13-21(29)24(22(30)14-19)27(10-11-27)26-35-25(41-36-26)18-6-8-20(9-7-18)40-28(31,32)33/h2-9,13-15H,10-12H2,1H3,(H,34,37)(H,38,39)/p-1. The number of nitrogens with one attached hydrogen (secondary N) is 1. The van der Waals surface area contributed by atoms with Crippen LogP contribution >= 0.6 is 23.2 Å². The van der Waals surface area contributed by atoms with E-state index in [2.05, 4.69) is 20.2 Å². The first kappa shape index (κ1) is 30.0. The number of benzene rings is 3. The highest BCUT2D eigenvalue weighted by atomic mass is 35.5. The molecule has 1 saturated carbocycles. The number of halogens is 5. The van der Waals surface area contributed by atoms with Gasteiger partial charge in [0.1, 0.15) is 5.75 Å². The minimum Gasteiger partial charge on any atom is -0.772 e. The van der Waals surface area contributed by atoms with Crippen LogP contribution in [-0.4, -0.2) is 31.2 Å². The molecule has 0 spiro atoms. The van der Waals surface area contributed by atoms with E-state index in [1.165, 1.54) is 12.1 Å². The van der Waals surface area contributed by atoms with E-state index in [1.54, 1.807) is 43.3 Å². The Bertz CT molecular complexity index is 1620. The Kier molecular flexibility index (Phi) is 8.35. The van der Waals surface area contributed by atoms with Crippen molar-refractivity contribution in [2.75, 3.05) is 5.32 Å². The van der Waals surface area contributed by atoms with Crippen molar-refractivity contribution in [1.82, 2.24) is 10.1 Å². The molecular weight excluding hydrogens is 618 g/mol. The van der Waals surface area contributed by atoms with Gasteiger partial charge in [-0.25, -0.2) is 0 Å². The normalized spacial score (nSPS) is 15.6. The molecule has 14 heteroatoms. The van der Waals surface area contributed by atoms with Gasteiger partial charge in [0.2, 0.25) is 5.91 Å². The van der Waals surface area contributed by atoms with E-state index in [0.29, 0.717) is 56.7 Å². The van der Waals surface area contributed by atoms with Crippen LogP contribution in [0.2, 0.25) is 10.0 Å². The number of aromatic nitrogens is 2. The zero-order chi connectivity index (χ0) is 30.2. The van der Waals surface area contributed by atoms with Crippen LogP contribution < -0.4 is 10.1 Å². The van der Waals surface area contributed by atoms with Gasteiger partial charge in [0.25, 0.3) is 5.89 Å². The Morgan fingerprint density at radius 3 is 2.29 bits per heavy atom. The van der Waals surface area contributed by atoms with Gasteiger partial charge < -0.3 is 19.1 Å². The maximum atomic E-state index is 12.7. The molecule has 0 saturated heterocycles. The summed E-state index contributed by atoms with van der Waals surface area (Å²) in [6, 6.07) is 14.9. The maximum absolute atomic E-state index is 12.7. The van der Waals surface area contributed by atoms with Crippen molar-refractivity contribution >= 4 is 45.9 Å². The van der Waals surface area contributed by atoms with E-state index < -0.39 is 28.1 Å². The molecule has 1 aromatic heterocycles. The average Bonchev–Trinajstić information content (AvgIpc) is 3.54. The molecule has 0 bridgehead atoms. The molecule has 5 rings (SSSR count). The summed E-state index contributed by atoms with van der Waals surface area (Å²) in [6.07, 6.45) is -3.50. The molecule has 0 radical (unpaired) electrons. The van der Waals surface area contributed by atoms with Crippen LogP contribution in [0, 0.1) is 0 Å². The molecule has 1 amide bonds. The van der Waals surface area contributed by atoms with E-state index in [-0.39, 0.29) is 24.0 Å². The SMILES string of the molecule is CC(c1ccc(CC(=O)Nc2cc(Cl)c(C3(c4noc(-c5ccc(OC(F)(F)F)cc5)n4)CC3)c(Cl)c2)cc1)S(=O)[O-]. The predicted octanol–water partition coefficient (Wildman–Crippen LogP) is 7.14. The summed E-state index contributed by atoms with van der Waals surface area (Å²) in [5.41, 5.74) is 1.96. The smallest absolute Gasteiger partial charge is 0.573 e. The zero-order valence-electron chi connectivity index (χ0n) is 21.7. The maximum Gasteiger partial charge on any atom is 0.573 e. The summed E-state index contributed by atoms with van der Waals surface area (Å²) < 4.78 is 68.9. The first-order valence-corrected chi connectivity index (χ1v) is 14.4. The summed E-state index contributed by atoms with van der Waals surface area (Å²) in [7, 11) is 0. The topological polar surface area (TPSA) is 117 Å². The van der Waals surface area contributed by atoms with Gasteiger partial charge in [0, 0.05) is 32.1 Å². The molecular formula is C28H21Cl2F3N3O5S-. The molecule has 8 nitrogen and oxygen atoms in total. The van der Waals surface area contributed by atoms with Gasteiger partial charge in [-0.05, 0) is 78.4 Å². The highest BCUT2D eigenvalue weighted by Crippen LogP contribution is 2.57. The number of alkyl halides is 3. The fraction of sp³-hybridized carbons (Fsp3) is 0.250. The lowest BCUT2D eigenvalue weighted by Crippen LogP contribution is -2.16. The van der Waals surface area contributed by atoms with E-state index in [1.807, 2.05) is 0 Å². The molecule has 42 heavy (non-hydrogen) atoms. The van der Waals surface area contributed by atoms with Gasteiger partial charge in [-0.3, -0.25) is 9.00 Å². The molecule has 4 aromatic rings. The van der Waals surface area contributed by atoms with Gasteiger partial charge in [-0.15, -0.1) is 13.2 Å². The van der Waals surface area contributed by atoms with Crippen molar-refractivity contribution in [2.24, 2.45) is 0 Å². The van der Waals surface area contributed by atoms with Crippen molar-refractivity contribution in [1.29, 1.82) is 0 Å². The van der Waals surface area contributed by atoms with Crippen molar-refractivity contribution in [3.05, 3.63) is 93.2 Å². The number of carbonyl (C=O) groups is 1. The lowest BCUT2D eigenvalue weighted by molar-refractivity contribution is -0.274. The second-order valence-electron chi connectivity index (χ2n) is 9.76. The van der Waals surface area contributed by atoms with Crippen molar-refractivity contribution in [2.45, 2.75) is 43.2 Å². The summed E-state index contributed by atoms with van der Waals surface area (Å²) in [4.78, 5) is 17.1. The van der Waals surface area contributed by atoms with Crippen LogP contribution in [0.5, 0.6) is 5.75 Å². The van der Waals surface area contributed by atoms with Crippen LogP contribution in [0.4, 0.5) is 18.9 Å². The van der Waals surface area contributed by atoms with Crippen LogP contribution in [0.25, 0.3) is 11.5 Å². The Morgan fingerprint density at radius 2 is 1.74 bits per heavy atom. The average molecular weight is 639 g/mol. The van der Waals surface area contributed by atoms with Gasteiger partial charge in [0.15, 0.2) is 5.82 Å². The Balaban J connectivity index is 1.29. The fourth-order valence-corrected chi connectivity index (χ4v) is 5.78. The molecule has 1 heterocycles. The Morgan fingerprint density at radius 1 is 1.12 bits per heavy atom. The molecule has 2 unspecified atom stereocenters. The second-order valence-corrected chi connectivity index (χ2v) is 11.8. The van der Waals surface area contributed by atoms with Crippen molar-refractivity contribution < 1.29 is 36.0 Å². The lowest BCUT2D eigenvalue weighted by atomic mass is 9.94.